The average Bonchev–Trinajstić information content (AvgIpc) is 2.76. The van der Waals surface area contributed by atoms with Crippen LogP contribution < -0.4 is 5.32 Å². The Morgan fingerprint density at radius 3 is 3.00 bits per heavy atom. The van der Waals surface area contributed by atoms with Crippen LogP contribution >= 0.6 is 0 Å². The number of nitrogens with one attached hydrogen (secondary N) is 1. The normalized spacial score (nSPS) is 18.0. The summed E-state index contributed by atoms with van der Waals surface area (Å²) in [6.07, 6.45) is 7.83. The lowest BCUT2D eigenvalue weighted by Gasteiger charge is -2.11. The van der Waals surface area contributed by atoms with Crippen molar-refractivity contribution in [2.75, 3.05) is 6.54 Å². The van der Waals surface area contributed by atoms with Gasteiger partial charge in [0.15, 0.2) is 0 Å². The zero-order valence-electron chi connectivity index (χ0n) is 9.79. The van der Waals surface area contributed by atoms with Gasteiger partial charge in [0, 0.05) is 25.8 Å². The summed E-state index contributed by atoms with van der Waals surface area (Å²) in [4.78, 5) is 4.19. The topological polar surface area (TPSA) is 29.9 Å². The third kappa shape index (κ3) is 2.81. The van der Waals surface area contributed by atoms with Gasteiger partial charge < -0.3 is 9.88 Å². The lowest BCUT2D eigenvalue weighted by molar-refractivity contribution is 0.488. The van der Waals surface area contributed by atoms with Crippen molar-refractivity contribution < 1.29 is 0 Å². The highest BCUT2D eigenvalue weighted by atomic mass is 15.1. The van der Waals surface area contributed by atoms with Crippen LogP contribution in [0.4, 0.5) is 0 Å². The number of aryl methyl sites for hydroxylation is 1. The molecule has 0 spiro atoms. The van der Waals surface area contributed by atoms with Gasteiger partial charge in [-0.25, -0.2) is 4.98 Å². The first kappa shape index (κ1) is 10.7. The number of rotatable bonds is 6. The maximum absolute atomic E-state index is 4.19. The molecule has 0 saturated heterocycles. The number of hydrogen-bond donors (Lipinski definition) is 1. The molecule has 1 aromatic rings. The molecule has 0 bridgehead atoms. The molecule has 0 radical (unpaired) electrons. The highest BCUT2D eigenvalue weighted by Gasteiger charge is 2.36. The SMILES string of the molecule is CCCn1cncc1CNCC1(C)CC1. The summed E-state index contributed by atoms with van der Waals surface area (Å²) < 4.78 is 2.24. The smallest absolute Gasteiger partial charge is 0.0948 e. The van der Waals surface area contributed by atoms with Crippen molar-refractivity contribution in [1.29, 1.82) is 0 Å². The highest BCUT2D eigenvalue weighted by molar-refractivity contribution is 4.99. The van der Waals surface area contributed by atoms with E-state index in [1.807, 2.05) is 12.5 Å². The van der Waals surface area contributed by atoms with Crippen molar-refractivity contribution in [3.63, 3.8) is 0 Å². The van der Waals surface area contributed by atoms with E-state index in [-0.39, 0.29) is 0 Å². The number of imidazole rings is 1. The van der Waals surface area contributed by atoms with Gasteiger partial charge in [-0.1, -0.05) is 13.8 Å². The molecule has 84 valence electrons. The van der Waals surface area contributed by atoms with Crippen molar-refractivity contribution in [1.82, 2.24) is 14.9 Å². The van der Waals surface area contributed by atoms with Gasteiger partial charge in [0.1, 0.15) is 0 Å². The third-order valence-corrected chi connectivity index (χ3v) is 3.22. The first-order valence-corrected chi connectivity index (χ1v) is 5.93. The van der Waals surface area contributed by atoms with Crippen LogP contribution in [0.5, 0.6) is 0 Å². The molecule has 1 heterocycles. The van der Waals surface area contributed by atoms with Gasteiger partial charge in [-0.05, 0) is 24.7 Å². The summed E-state index contributed by atoms with van der Waals surface area (Å²) in [5, 5.41) is 3.53. The summed E-state index contributed by atoms with van der Waals surface area (Å²) in [6, 6.07) is 0. The van der Waals surface area contributed by atoms with Crippen molar-refractivity contribution in [3.8, 4) is 0 Å². The van der Waals surface area contributed by atoms with E-state index in [0.717, 1.165) is 19.6 Å². The molecule has 3 nitrogen and oxygen atoms in total. The van der Waals surface area contributed by atoms with Gasteiger partial charge in [0.2, 0.25) is 0 Å². The minimum atomic E-state index is 0.593. The molecule has 0 unspecified atom stereocenters. The monoisotopic (exact) mass is 207 g/mol. The number of aromatic nitrogens is 2. The molecule has 1 N–H and O–H groups in total. The zero-order chi connectivity index (χ0) is 10.7. The van der Waals surface area contributed by atoms with Gasteiger partial charge in [-0.2, -0.15) is 0 Å². The quantitative estimate of drug-likeness (QED) is 0.775. The second kappa shape index (κ2) is 4.35. The molecular weight excluding hydrogens is 186 g/mol. The van der Waals surface area contributed by atoms with Crippen molar-refractivity contribution in [2.45, 2.75) is 46.2 Å². The average molecular weight is 207 g/mol. The van der Waals surface area contributed by atoms with Crippen LogP contribution in [-0.2, 0) is 13.1 Å². The molecule has 0 aliphatic heterocycles. The molecule has 1 aliphatic carbocycles. The zero-order valence-corrected chi connectivity index (χ0v) is 9.79. The Balaban J connectivity index is 1.79. The van der Waals surface area contributed by atoms with E-state index >= 15 is 0 Å². The molecule has 1 fully saturated rings. The predicted molar refractivity (Wildman–Crippen MR) is 61.6 cm³/mol. The van der Waals surface area contributed by atoms with Crippen LogP contribution in [0.2, 0.25) is 0 Å². The lowest BCUT2D eigenvalue weighted by atomic mass is 10.1. The molecule has 0 aromatic carbocycles. The van der Waals surface area contributed by atoms with E-state index in [9.17, 15) is 0 Å². The lowest BCUT2D eigenvalue weighted by Crippen LogP contribution is -2.22. The molecule has 0 amide bonds. The summed E-state index contributed by atoms with van der Waals surface area (Å²) in [6.45, 7) is 7.72. The fraction of sp³-hybridized carbons (Fsp3) is 0.750. The van der Waals surface area contributed by atoms with E-state index in [0.29, 0.717) is 5.41 Å². The molecule has 1 aliphatic rings. The standard InChI is InChI=1S/C12H21N3/c1-3-6-15-10-14-8-11(15)7-13-9-12(2)4-5-12/h8,10,13H,3-7,9H2,1-2H3. The Bertz CT molecular complexity index is 312. The van der Waals surface area contributed by atoms with Crippen LogP contribution in [0.15, 0.2) is 12.5 Å². The van der Waals surface area contributed by atoms with E-state index in [4.69, 9.17) is 0 Å². The minimum absolute atomic E-state index is 0.593. The molecule has 3 heteroatoms. The first-order valence-electron chi connectivity index (χ1n) is 5.93. The molecule has 1 saturated carbocycles. The number of hydrogen-bond acceptors (Lipinski definition) is 2. The van der Waals surface area contributed by atoms with Crippen molar-refractivity contribution >= 4 is 0 Å². The summed E-state index contributed by atoms with van der Waals surface area (Å²) >= 11 is 0. The van der Waals surface area contributed by atoms with Crippen LogP contribution in [0.25, 0.3) is 0 Å². The first-order chi connectivity index (χ1) is 7.23. The molecular formula is C12H21N3. The third-order valence-electron chi connectivity index (χ3n) is 3.22. The Morgan fingerprint density at radius 1 is 1.53 bits per heavy atom. The van der Waals surface area contributed by atoms with Crippen LogP contribution in [0.1, 0.15) is 38.8 Å². The van der Waals surface area contributed by atoms with Gasteiger partial charge in [0.25, 0.3) is 0 Å². The molecule has 15 heavy (non-hydrogen) atoms. The van der Waals surface area contributed by atoms with E-state index in [2.05, 4.69) is 28.7 Å². The predicted octanol–water partition coefficient (Wildman–Crippen LogP) is 2.18. The fourth-order valence-electron chi connectivity index (χ4n) is 1.82. The van der Waals surface area contributed by atoms with E-state index in [1.165, 1.54) is 25.0 Å². The van der Waals surface area contributed by atoms with Crippen LogP contribution in [0, 0.1) is 5.41 Å². The molecule has 0 atom stereocenters. The van der Waals surface area contributed by atoms with Gasteiger partial charge in [-0.15, -0.1) is 0 Å². The van der Waals surface area contributed by atoms with Crippen molar-refractivity contribution in [2.24, 2.45) is 5.41 Å². The maximum atomic E-state index is 4.19. The second-order valence-corrected chi connectivity index (χ2v) is 4.99. The minimum Gasteiger partial charge on any atom is -0.333 e. The fourth-order valence-corrected chi connectivity index (χ4v) is 1.82. The largest absolute Gasteiger partial charge is 0.333 e. The Hall–Kier alpha value is -0.830. The number of nitrogens with zero attached hydrogens (tertiary/aromatic N) is 2. The molecule has 2 rings (SSSR count). The van der Waals surface area contributed by atoms with Gasteiger partial charge in [-0.3, -0.25) is 0 Å². The summed E-state index contributed by atoms with van der Waals surface area (Å²) in [7, 11) is 0. The highest BCUT2D eigenvalue weighted by Crippen LogP contribution is 2.44. The van der Waals surface area contributed by atoms with E-state index in [1.54, 1.807) is 0 Å². The van der Waals surface area contributed by atoms with Crippen molar-refractivity contribution in [3.05, 3.63) is 18.2 Å². The van der Waals surface area contributed by atoms with Gasteiger partial charge >= 0.3 is 0 Å². The molecule has 1 aromatic heterocycles. The Labute approximate surface area is 91.9 Å². The van der Waals surface area contributed by atoms with Crippen LogP contribution in [-0.4, -0.2) is 16.1 Å². The van der Waals surface area contributed by atoms with Crippen LogP contribution in [0.3, 0.4) is 0 Å². The summed E-state index contributed by atoms with van der Waals surface area (Å²) in [5.41, 5.74) is 1.90. The van der Waals surface area contributed by atoms with E-state index < -0.39 is 0 Å². The Morgan fingerprint density at radius 2 is 2.33 bits per heavy atom. The second-order valence-electron chi connectivity index (χ2n) is 4.99. The Kier molecular flexibility index (Phi) is 3.10. The maximum Gasteiger partial charge on any atom is 0.0948 e. The summed E-state index contributed by atoms with van der Waals surface area (Å²) in [5.74, 6) is 0. The van der Waals surface area contributed by atoms with Gasteiger partial charge in [0.05, 0.1) is 12.0 Å².